The molecule has 0 unspecified atom stereocenters. The van der Waals surface area contributed by atoms with Crippen LogP contribution in [0.3, 0.4) is 0 Å². The molecule has 0 heterocycles. The maximum absolute atomic E-state index is 11.8. The van der Waals surface area contributed by atoms with Gasteiger partial charge in [-0.25, -0.2) is 0 Å². The lowest BCUT2D eigenvalue weighted by molar-refractivity contribution is -0.384. The summed E-state index contributed by atoms with van der Waals surface area (Å²) in [4.78, 5) is 22.2. The number of thiocarbonyl (C=S) groups is 1. The third kappa shape index (κ3) is 4.99. The summed E-state index contributed by atoms with van der Waals surface area (Å²) in [5, 5.41) is 16.2. The van der Waals surface area contributed by atoms with E-state index in [1.165, 1.54) is 18.2 Å². The van der Waals surface area contributed by atoms with Crippen LogP contribution in [0.5, 0.6) is 0 Å². The average molecular weight is 341 g/mol. The maximum atomic E-state index is 11.8. The fourth-order valence-corrected chi connectivity index (χ4v) is 2.11. The largest absolute Gasteiger partial charge is 0.332 e. The minimum atomic E-state index is -0.491. The lowest BCUT2D eigenvalue weighted by Gasteiger charge is -2.10. The van der Waals surface area contributed by atoms with Crippen molar-refractivity contribution in [1.29, 1.82) is 0 Å². The third-order valence-corrected chi connectivity index (χ3v) is 3.35. The highest BCUT2D eigenvalue weighted by atomic mass is 32.1. The van der Waals surface area contributed by atoms with Crippen LogP contribution in [0.1, 0.15) is 11.1 Å². The lowest BCUT2D eigenvalue weighted by atomic mass is 10.2. The fourth-order valence-electron chi connectivity index (χ4n) is 1.90. The first-order valence-corrected chi connectivity index (χ1v) is 7.46. The zero-order chi connectivity index (χ0) is 17.5. The normalized spacial score (nSPS) is 10.4. The number of nitrogens with zero attached hydrogens (tertiary/aromatic N) is 1. The number of hydrogen-bond donors (Lipinski definition) is 2. The van der Waals surface area contributed by atoms with Crippen molar-refractivity contribution in [3.8, 4) is 0 Å². The molecule has 0 aliphatic heterocycles. The number of amides is 1. The molecule has 0 saturated heterocycles. The van der Waals surface area contributed by atoms with Crippen molar-refractivity contribution < 1.29 is 9.72 Å². The van der Waals surface area contributed by atoms with Crippen molar-refractivity contribution >= 4 is 40.7 Å². The molecule has 2 aromatic carbocycles. The zero-order valence-corrected chi connectivity index (χ0v) is 13.7. The van der Waals surface area contributed by atoms with Crippen LogP contribution in [0.4, 0.5) is 11.4 Å². The van der Waals surface area contributed by atoms with E-state index in [0.717, 1.165) is 11.1 Å². The summed E-state index contributed by atoms with van der Waals surface area (Å²) in [6.07, 6.45) is 3.03. The molecule has 2 N–H and O–H groups in total. The molecule has 0 bridgehead atoms. The molecule has 2 aromatic rings. The van der Waals surface area contributed by atoms with E-state index in [2.05, 4.69) is 10.6 Å². The van der Waals surface area contributed by atoms with Gasteiger partial charge in [-0.1, -0.05) is 36.4 Å². The Kier molecular flexibility index (Phi) is 5.75. The van der Waals surface area contributed by atoms with Gasteiger partial charge < -0.3 is 5.32 Å². The van der Waals surface area contributed by atoms with Gasteiger partial charge in [0.15, 0.2) is 5.11 Å². The molecule has 7 heteroatoms. The summed E-state index contributed by atoms with van der Waals surface area (Å²) in [6.45, 7) is 1.78. The Labute approximate surface area is 144 Å². The number of carbonyl (C=O) groups excluding carboxylic acids is 1. The highest BCUT2D eigenvalue weighted by Gasteiger charge is 2.10. The molecular weight excluding hydrogens is 326 g/mol. The maximum Gasteiger partial charge on any atom is 0.271 e. The quantitative estimate of drug-likeness (QED) is 0.385. The molecule has 0 saturated carbocycles. The van der Waals surface area contributed by atoms with Gasteiger partial charge in [0, 0.05) is 23.9 Å². The second kappa shape index (κ2) is 7.98. The molecule has 0 fully saturated rings. The van der Waals surface area contributed by atoms with Gasteiger partial charge in [0.25, 0.3) is 5.69 Å². The number of hydrogen-bond acceptors (Lipinski definition) is 4. The van der Waals surface area contributed by atoms with Crippen LogP contribution in [0, 0.1) is 17.0 Å². The molecule has 0 atom stereocenters. The number of nitro groups is 1. The molecule has 0 spiro atoms. The van der Waals surface area contributed by atoms with Crippen molar-refractivity contribution in [2.75, 3.05) is 5.32 Å². The highest BCUT2D eigenvalue weighted by Crippen LogP contribution is 2.21. The second-order valence-corrected chi connectivity index (χ2v) is 5.35. The van der Waals surface area contributed by atoms with Gasteiger partial charge in [0.2, 0.25) is 5.91 Å². The molecule has 24 heavy (non-hydrogen) atoms. The van der Waals surface area contributed by atoms with E-state index in [1.807, 2.05) is 30.3 Å². The number of benzene rings is 2. The summed E-state index contributed by atoms with van der Waals surface area (Å²) in [6, 6.07) is 13.7. The smallest absolute Gasteiger partial charge is 0.271 e. The first kappa shape index (κ1) is 17.3. The summed E-state index contributed by atoms with van der Waals surface area (Å²) < 4.78 is 0. The molecule has 6 nitrogen and oxygen atoms in total. The van der Waals surface area contributed by atoms with Gasteiger partial charge in [-0.15, -0.1) is 0 Å². The fraction of sp³-hybridized carbons (Fsp3) is 0.0588. The van der Waals surface area contributed by atoms with Crippen molar-refractivity contribution in [1.82, 2.24) is 5.32 Å². The summed E-state index contributed by atoms with van der Waals surface area (Å²) in [7, 11) is 0. The lowest BCUT2D eigenvalue weighted by Crippen LogP contribution is -2.33. The van der Waals surface area contributed by atoms with Crippen molar-refractivity contribution in [2.45, 2.75) is 6.92 Å². The molecule has 0 radical (unpaired) electrons. The van der Waals surface area contributed by atoms with Crippen LogP contribution < -0.4 is 10.6 Å². The highest BCUT2D eigenvalue weighted by molar-refractivity contribution is 7.80. The van der Waals surface area contributed by atoms with Crippen LogP contribution >= 0.6 is 12.2 Å². The Morgan fingerprint density at radius 3 is 2.58 bits per heavy atom. The number of non-ortho nitro benzene ring substituents is 1. The topological polar surface area (TPSA) is 84.3 Å². The third-order valence-electron chi connectivity index (χ3n) is 3.14. The first-order valence-electron chi connectivity index (χ1n) is 7.06. The molecule has 2 rings (SSSR count). The number of nitrogens with one attached hydrogen (secondary N) is 2. The number of anilines is 1. The molecule has 122 valence electrons. The Hall–Kier alpha value is -3.06. The van der Waals surface area contributed by atoms with Gasteiger partial charge in [0.05, 0.1) is 4.92 Å². The van der Waals surface area contributed by atoms with E-state index in [0.29, 0.717) is 5.69 Å². The molecule has 0 aromatic heterocycles. The predicted octanol–water partition coefficient (Wildman–Crippen LogP) is 3.43. The molecule has 0 aliphatic rings. The summed E-state index contributed by atoms with van der Waals surface area (Å²) >= 11 is 5.06. The number of carbonyl (C=O) groups is 1. The summed E-state index contributed by atoms with van der Waals surface area (Å²) in [5.74, 6) is -0.389. The van der Waals surface area contributed by atoms with Crippen molar-refractivity contribution in [3.63, 3.8) is 0 Å². The van der Waals surface area contributed by atoms with Crippen LogP contribution in [-0.2, 0) is 4.79 Å². The standard InChI is InChI=1S/C17H15N3O3S/c1-12-7-9-14(20(22)23)11-15(12)18-17(24)19-16(21)10-8-13-5-3-2-4-6-13/h2-11H,1H3,(H2,18,19,21,24). The van der Waals surface area contributed by atoms with E-state index < -0.39 is 4.92 Å². The molecule has 0 aliphatic carbocycles. The van der Waals surface area contributed by atoms with Gasteiger partial charge in [-0.05, 0) is 36.3 Å². The van der Waals surface area contributed by atoms with Crippen LogP contribution in [0.25, 0.3) is 6.08 Å². The molecule has 1 amide bonds. The minimum Gasteiger partial charge on any atom is -0.332 e. The zero-order valence-electron chi connectivity index (χ0n) is 12.9. The van der Waals surface area contributed by atoms with Gasteiger partial charge in [-0.2, -0.15) is 0 Å². The Morgan fingerprint density at radius 1 is 1.21 bits per heavy atom. The van der Waals surface area contributed by atoms with E-state index in [1.54, 1.807) is 19.1 Å². The van der Waals surface area contributed by atoms with E-state index in [9.17, 15) is 14.9 Å². The van der Waals surface area contributed by atoms with E-state index >= 15 is 0 Å². The minimum absolute atomic E-state index is 0.0544. The van der Waals surface area contributed by atoms with Crippen LogP contribution in [0.2, 0.25) is 0 Å². The Morgan fingerprint density at radius 2 is 1.92 bits per heavy atom. The van der Waals surface area contributed by atoms with Crippen molar-refractivity contribution in [2.24, 2.45) is 0 Å². The van der Waals surface area contributed by atoms with Gasteiger partial charge >= 0.3 is 0 Å². The van der Waals surface area contributed by atoms with Crippen LogP contribution in [-0.4, -0.2) is 15.9 Å². The van der Waals surface area contributed by atoms with Gasteiger partial charge in [-0.3, -0.25) is 20.2 Å². The monoisotopic (exact) mass is 341 g/mol. The van der Waals surface area contributed by atoms with Gasteiger partial charge in [0.1, 0.15) is 0 Å². The number of rotatable bonds is 4. The average Bonchev–Trinajstić information content (AvgIpc) is 2.55. The Balaban J connectivity index is 1.98. The predicted molar refractivity (Wildman–Crippen MR) is 97.7 cm³/mol. The van der Waals surface area contributed by atoms with Crippen molar-refractivity contribution in [3.05, 3.63) is 75.8 Å². The SMILES string of the molecule is Cc1ccc([N+](=O)[O-])cc1NC(=S)NC(=O)C=Cc1ccccc1. The second-order valence-electron chi connectivity index (χ2n) is 4.94. The number of nitro benzene ring substituents is 1. The van der Waals surface area contributed by atoms with E-state index in [-0.39, 0.29) is 16.7 Å². The van der Waals surface area contributed by atoms with Crippen LogP contribution in [0.15, 0.2) is 54.6 Å². The number of aryl methyl sites for hydroxylation is 1. The molecular formula is C17H15N3O3S. The van der Waals surface area contributed by atoms with E-state index in [4.69, 9.17) is 12.2 Å². The first-order chi connectivity index (χ1) is 11.5. The summed E-state index contributed by atoms with van der Waals surface area (Å²) in [5.41, 5.74) is 2.08. The Bertz CT molecular complexity index is 804.